The summed E-state index contributed by atoms with van der Waals surface area (Å²) in [6, 6.07) is 17.2. The summed E-state index contributed by atoms with van der Waals surface area (Å²) < 4.78 is 5.99. The van der Waals surface area contributed by atoms with Crippen molar-refractivity contribution in [2.75, 3.05) is 16.8 Å². The Morgan fingerprint density at radius 2 is 1.74 bits per heavy atom. The first-order valence-electron chi connectivity index (χ1n) is 10.2. The van der Waals surface area contributed by atoms with Gasteiger partial charge in [-0.3, -0.25) is 14.5 Å². The minimum absolute atomic E-state index is 0.193. The third kappa shape index (κ3) is 6.37. The van der Waals surface area contributed by atoms with E-state index < -0.39 is 0 Å². The second-order valence-electron chi connectivity index (χ2n) is 7.51. The summed E-state index contributed by atoms with van der Waals surface area (Å²) in [7, 11) is 0. The molecule has 3 aromatic rings. The molecular formula is C25H17Cl3N2O3S2. The molecule has 0 aliphatic carbocycles. The average Bonchev–Trinajstić information content (AvgIpc) is 3.07. The second kappa shape index (κ2) is 11.0. The van der Waals surface area contributed by atoms with Crippen LogP contribution in [-0.2, 0) is 9.59 Å². The summed E-state index contributed by atoms with van der Waals surface area (Å²) >= 11 is 24.7. The zero-order chi connectivity index (χ0) is 25.1. The number of carbonyl (C=O) groups is 2. The van der Waals surface area contributed by atoms with Crippen LogP contribution in [0.5, 0.6) is 5.75 Å². The molecule has 178 valence electrons. The number of nitrogens with zero attached hydrogens (tertiary/aromatic N) is 1. The molecule has 35 heavy (non-hydrogen) atoms. The fourth-order valence-electron chi connectivity index (χ4n) is 3.19. The van der Waals surface area contributed by atoms with Gasteiger partial charge in [-0.2, -0.15) is 0 Å². The molecule has 4 rings (SSSR count). The zero-order valence-electron chi connectivity index (χ0n) is 18.2. The molecule has 3 aromatic carbocycles. The first-order valence-corrected chi connectivity index (χ1v) is 12.6. The van der Waals surface area contributed by atoms with Crippen LogP contribution in [0, 0.1) is 6.92 Å². The third-order valence-corrected chi connectivity index (χ3v) is 7.05. The number of amides is 2. The molecule has 5 nitrogen and oxygen atoms in total. The lowest BCUT2D eigenvalue weighted by molar-refractivity contribution is -0.118. The van der Waals surface area contributed by atoms with E-state index >= 15 is 0 Å². The van der Waals surface area contributed by atoms with Crippen molar-refractivity contribution >= 4 is 92.4 Å². The van der Waals surface area contributed by atoms with Crippen molar-refractivity contribution in [2.45, 2.75) is 6.92 Å². The van der Waals surface area contributed by atoms with Gasteiger partial charge in [0.1, 0.15) is 5.75 Å². The Bertz CT molecular complexity index is 1340. The lowest BCUT2D eigenvalue weighted by atomic mass is 10.2. The maximum atomic E-state index is 13.0. The van der Waals surface area contributed by atoms with E-state index in [1.165, 1.54) is 16.7 Å². The summed E-state index contributed by atoms with van der Waals surface area (Å²) in [6.07, 6.45) is 1.76. The number of anilines is 2. The zero-order valence-corrected chi connectivity index (χ0v) is 22.1. The van der Waals surface area contributed by atoms with Crippen molar-refractivity contribution < 1.29 is 14.3 Å². The van der Waals surface area contributed by atoms with Crippen LogP contribution in [0.25, 0.3) is 6.08 Å². The molecule has 0 unspecified atom stereocenters. The first kappa shape index (κ1) is 25.5. The molecule has 1 saturated heterocycles. The van der Waals surface area contributed by atoms with Crippen molar-refractivity contribution in [1.82, 2.24) is 0 Å². The van der Waals surface area contributed by atoms with E-state index in [9.17, 15) is 9.59 Å². The number of benzene rings is 3. The first-order chi connectivity index (χ1) is 16.7. The number of hydrogen-bond acceptors (Lipinski definition) is 5. The molecule has 1 fully saturated rings. The highest BCUT2D eigenvalue weighted by atomic mass is 35.5. The minimum Gasteiger partial charge on any atom is -0.484 e. The van der Waals surface area contributed by atoms with Crippen LogP contribution in [0.3, 0.4) is 0 Å². The molecule has 1 N–H and O–H groups in total. The van der Waals surface area contributed by atoms with Gasteiger partial charge in [0.25, 0.3) is 11.8 Å². The number of rotatable bonds is 6. The fraction of sp³-hybridized carbons (Fsp3) is 0.0800. The number of nitrogens with one attached hydrogen (secondary N) is 1. The SMILES string of the molecule is Cc1ccc(N2C(=O)/C(=C/c3ccc(OCC(=O)Nc4cc(Cl)cc(Cl)c4)cc3)SC2=S)cc1Cl. The van der Waals surface area contributed by atoms with Crippen molar-refractivity contribution in [2.24, 2.45) is 0 Å². The number of thioether (sulfide) groups is 1. The van der Waals surface area contributed by atoms with E-state index in [0.29, 0.717) is 41.4 Å². The Kier molecular flexibility index (Phi) is 8.04. The Labute approximate surface area is 227 Å². The number of thiocarbonyl (C=S) groups is 1. The molecule has 0 aromatic heterocycles. The van der Waals surface area contributed by atoms with Crippen LogP contribution in [0.4, 0.5) is 11.4 Å². The van der Waals surface area contributed by atoms with E-state index in [2.05, 4.69) is 5.32 Å². The molecule has 0 saturated carbocycles. The fourth-order valence-corrected chi connectivity index (χ4v) is 5.19. The minimum atomic E-state index is -0.354. The van der Waals surface area contributed by atoms with Gasteiger partial charge in [-0.1, -0.05) is 77.0 Å². The Balaban J connectivity index is 1.38. The Hall–Kier alpha value is -2.55. The van der Waals surface area contributed by atoms with Crippen LogP contribution in [0.15, 0.2) is 65.6 Å². The second-order valence-corrected chi connectivity index (χ2v) is 10.5. The Morgan fingerprint density at radius 1 is 1.06 bits per heavy atom. The number of halogens is 3. The van der Waals surface area contributed by atoms with Gasteiger partial charge in [-0.25, -0.2) is 0 Å². The van der Waals surface area contributed by atoms with E-state index in [0.717, 1.165) is 11.1 Å². The number of carbonyl (C=O) groups excluding carboxylic acids is 2. The molecule has 1 aliphatic rings. The summed E-state index contributed by atoms with van der Waals surface area (Å²) in [5, 5.41) is 4.09. The highest BCUT2D eigenvalue weighted by molar-refractivity contribution is 8.27. The van der Waals surface area contributed by atoms with Crippen LogP contribution >= 0.6 is 58.8 Å². The van der Waals surface area contributed by atoms with E-state index in [1.54, 1.807) is 54.6 Å². The maximum absolute atomic E-state index is 13.0. The van der Waals surface area contributed by atoms with Gasteiger partial charge in [-0.15, -0.1) is 0 Å². The molecule has 0 radical (unpaired) electrons. The van der Waals surface area contributed by atoms with Gasteiger partial charge in [0.2, 0.25) is 0 Å². The van der Waals surface area contributed by atoms with E-state index in [4.69, 9.17) is 51.8 Å². The van der Waals surface area contributed by atoms with Crippen molar-refractivity contribution in [3.8, 4) is 5.75 Å². The average molecular weight is 564 g/mol. The normalized spacial score (nSPS) is 14.5. The lowest BCUT2D eigenvalue weighted by Crippen LogP contribution is -2.27. The van der Waals surface area contributed by atoms with Gasteiger partial charge < -0.3 is 10.1 Å². The molecule has 0 atom stereocenters. The molecule has 0 spiro atoms. The van der Waals surface area contributed by atoms with Crippen molar-refractivity contribution in [1.29, 1.82) is 0 Å². The lowest BCUT2D eigenvalue weighted by Gasteiger charge is -2.15. The van der Waals surface area contributed by atoms with E-state index in [1.807, 2.05) is 19.1 Å². The quantitative estimate of drug-likeness (QED) is 0.250. The van der Waals surface area contributed by atoms with Crippen molar-refractivity contribution in [3.63, 3.8) is 0 Å². The highest BCUT2D eigenvalue weighted by Crippen LogP contribution is 2.37. The molecule has 10 heteroatoms. The van der Waals surface area contributed by atoms with Gasteiger partial charge >= 0.3 is 0 Å². The smallest absolute Gasteiger partial charge is 0.270 e. The summed E-state index contributed by atoms with van der Waals surface area (Å²) in [6.45, 7) is 1.70. The summed E-state index contributed by atoms with van der Waals surface area (Å²) in [5.74, 6) is -0.0615. The van der Waals surface area contributed by atoms with Gasteiger partial charge in [0, 0.05) is 20.8 Å². The topological polar surface area (TPSA) is 58.6 Å². The maximum Gasteiger partial charge on any atom is 0.270 e. The number of hydrogen-bond donors (Lipinski definition) is 1. The molecule has 0 bridgehead atoms. The van der Waals surface area contributed by atoms with E-state index in [-0.39, 0.29) is 18.4 Å². The monoisotopic (exact) mass is 562 g/mol. The molecular weight excluding hydrogens is 547 g/mol. The number of ether oxygens (including phenoxy) is 1. The van der Waals surface area contributed by atoms with Crippen LogP contribution in [0.2, 0.25) is 15.1 Å². The van der Waals surface area contributed by atoms with Crippen molar-refractivity contribution in [3.05, 3.63) is 91.8 Å². The summed E-state index contributed by atoms with van der Waals surface area (Å²) in [5.41, 5.74) is 2.83. The summed E-state index contributed by atoms with van der Waals surface area (Å²) in [4.78, 5) is 27.1. The standard InChI is InChI=1S/C25H17Cl3N2O3S2/c1-14-2-5-19(12-21(14)28)30-24(32)22(35-25(30)34)8-15-3-6-20(7-4-15)33-13-23(31)29-18-10-16(26)9-17(27)11-18/h2-12H,13H2,1H3,(H,29,31)/b22-8-. The van der Waals surface area contributed by atoms with Gasteiger partial charge in [-0.05, 0) is 66.6 Å². The molecule has 1 aliphatic heterocycles. The largest absolute Gasteiger partial charge is 0.484 e. The Morgan fingerprint density at radius 3 is 2.40 bits per heavy atom. The molecule has 2 amide bonds. The number of aryl methyl sites for hydroxylation is 1. The van der Waals surface area contributed by atoms with Crippen LogP contribution < -0.4 is 15.0 Å². The van der Waals surface area contributed by atoms with Crippen LogP contribution in [0.1, 0.15) is 11.1 Å². The highest BCUT2D eigenvalue weighted by Gasteiger charge is 2.33. The van der Waals surface area contributed by atoms with Gasteiger partial charge in [0.15, 0.2) is 10.9 Å². The van der Waals surface area contributed by atoms with Crippen LogP contribution in [-0.4, -0.2) is 22.7 Å². The molecule has 1 heterocycles. The predicted octanol–water partition coefficient (Wildman–Crippen LogP) is 7.38. The predicted molar refractivity (Wildman–Crippen MR) is 149 cm³/mol. The third-order valence-electron chi connectivity index (χ3n) is 4.90. The van der Waals surface area contributed by atoms with Gasteiger partial charge in [0.05, 0.1) is 10.6 Å².